The van der Waals surface area contributed by atoms with Gasteiger partial charge in [-0.2, -0.15) is 23.5 Å². The summed E-state index contributed by atoms with van der Waals surface area (Å²) in [5, 5.41) is 54.5. The predicted octanol–water partition coefficient (Wildman–Crippen LogP) is 3.86. The van der Waals surface area contributed by atoms with Gasteiger partial charge in [-0.3, -0.25) is 57.5 Å². The normalized spacial score (nSPS) is 25.9. The second kappa shape index (κ2) is 38.7. The Kier molecular flexibility index (Phi) is 30.8. The van der Waals surface area contributed by atoms with E-state index in [0.29, 0.717) is 45.7 Å². The number of aromatic amines is 1. The Morgan fingerprint density at radius 2 is 1.27 bits per heavy atom. The van der Waals surface area contributed by atoms with E-state index in [4.69, 9.17) is 5.73 Å². The molecule has 590 valence electrons. The summed E-state index contributed by atoms with van der Waals surface area (Å²) in [5.74, 6) is -11.7. The molecule has 30 heteroatoms. The molecule has 1 fully saturated rings. The fourth-order valence-electron chi connectivity index (χ4n) is 13.1. The Labute approximate surface area is 644 Å². The zero-order chi connectivity index (χ0) is 80.4. The quantitative estimate of drug-likeness (QED) is 0.0843. The van der Waals surface area contributed by atoms with Crippen LogP contribution < -0.4 is 48.3 Å². The van der Waals surface area contributed by atoms with Crippen molar-refractivity contribution >= 4 is 111 Å². The number of nitrogens with one attached hydrogen (secondary N) is 9. The van der Waals surface area contributed by atoms with Gasteiger partial charge in [0.15, 0.2) is 11.6 Å². The third-order valence-corrected chi connectivity index (χ3v) is 22.3. The maximum atomic E-state index is 15.2. The number of aliphatic hydroxyl groups excluding tert-OH is 2. The summed E-state index contributed by atoms with van der Waals surface area (Å²) in [4.78, 5) is 196. The number of nitrogens with zero attached hydrogens (tertiary/aromatic N) is 2. The van der Waals surface area contributed by atoms with Crippen molar-refractivity contribution in [1.82, 2.24) is 57.4 Å². The molecule has 13 atom stereocenters. The molecule has 0 saturated carbocycles. The first-order valence-corrected chi connectivity index (χ1v) is 39.0. The number of thioether (sulfide) groups is 2. The Balaban J connectivity index is 1.22. The molecule has 2 aliphatic rings. The van der Waals surface area contributed by atoms with E-state index in [1.54, 1.807) is 89.5 Å². The van der Waals surface area contributed by atoms with Crippen molar-refractivity contribution in [3.05, 3.63) is 131 Å². The molecule has 7 rings (SSSR count). The van der Waals surface area contributed by atoms with Crippen LogP contribution >= 0.6 is 23.5 Å². The number of fused-ring (bicyclic) bond motifs is 4. The molecule has 10 amide bonds. The maximum Gasteiger partial charge on any atom is 0.245 e. The van der Waals surface area contributed by atoms with E-state index in [9.17, 15) is 72.9 Å². The van der Waals surface area contributed by atoms with Crippen LogP contribution in [0.4, 0.5) is 0 Å². The van der Waals surface area contributed by atoms with E-state index in [-0.39, 0.29) is 68.1 Å². The van der Waals surface area contributed by atoms with Gasteiger partial charge in [0.2, 0.25) is 59.1 Å². The van der Waals surface area contributed by atoms with Crippen molar-refractivity contribution in [2.24, 2.45) is 34.3 Å². The minimum atomic E-state index is -1.89. The second-order valence-electron chi connectivity index (χ2n) is 30.8. The molecule has 0 radical (unpaired) electrons. The zero-order valence-corrected chi connectivity index (χ0v) is 65.6. The Hall–Kier alpha value is -9.52. The fourth-order valence-corrected chi connectivity index (χ4v) is 15.2. The zero-order valence-electron chi connectivity index (χ0n) is 64.0. The van der Waals surface area contributed by atoms with Gasteiger partial charge in [-0.05, 0) is 131 Å². The van der Waals surface area contributed by atoms with Crippen molar-refractivity contribution < 1.29 is 77.6 Å². The van der Waals surface area contributed by atoms with Crippen LogP contribution in [-0.2, 0) is 93.1 Å². The molecule has 2 bridgehead atoms. The second-order valence-corrected chi connectivity index (χ2v) is 32.9. The number of pyridine rings is 1. The van der Waals surface area contributed by atoms with Gasteiger partial charge >= 0.3 is 0 Å². The van der Waals surface area contributed by atoms with Gasteiger partial charge in [0.05, 0.1) is 35.6 Å². The molecule has 0 aliphatic carbocycles. The van der Waals surface area contributed by atoms with E-state index in [0.717, 1.165) is 11.1 Å². The number of aromatic hydroxyl groups is 1. The number of hydrogen-bond donors (Lipinski definition) is 13. The maximum absolute atomic E-state index is 15.2. The highest BCUT2D eigenvalue weighted by molar-refractivity contribution is 7.98. The molecule has 3 aromatic carbocycles. The number of rotatable bonds is 12. The van der Waals surface area contributed by atoms with E-state index < -0.39 is 172 Å². The summed E-state index contributed by atoms with van der Waals surface area (Å²) < 4.78 is 0. The van der Waals surface area contributed by atoms with E-state index in [2.05, 4.69) is 52.5 Å². The smallest absolute Gasteiger partial charge is 0.245 e. The Bertz CT molecular complexity index is 4110. The summed E-state index contributed by atoms with van der Waals surface area (Å²) in [6, 6.07) is 14.1. The van der Waals surface area contributed by atoms with Crippen LogP contribution in [0.1, 0.15) is 143 Å². The highest BCUT2D eigenvalue weighted by Gasteiger charge is 2.46. The number of Topliss-reactive ketones (excluding diaryl/α,β-unsaturated/α-hetero) is 3. The molecule has 14 N–H and O–H groups in total. The summed E-state index contributed by atoms with van der Waals surface area (Å²) in [7, 11) is 0. The number of carbonyl (C=O) groups is 13. The molecular weight excluding hydrogens is 1440 g/mol. The number of amides is 10. The lowest BCUT2D eigenvalue weighted by Gasteiger charge is -2.35. The van der Waals surface area contributed by atoms with Crippen LogP contribution in [0, 0.1) is 28.6 Å². The van der Waals surface area contributed by atoms with Gasteiger partial charge in [0.25, 0.3) is 0 Å². The van der Waals surface area contributed by atoms with Crippen molar-refractivity contribution in [3.8, 4) is 5.75 Å². The number of phenolic OH excluding ortho intramolecular Hbond substituents is 1. The number of carbonyl (C=O) groups excluding carboxylic acids is 13. The summed E-state index contributed by atoms with van der Waals surface area (Å²) >= 11 is 2.65. The molecule has 2 aliphatic heterocycles. The third-order valence-electron chi connectivity index (χ3n) is 20.0. The average molecular weight is 1540 g/mol. The lowest BCUT2D eigenvalue weighted by Crippen LogP contribution is -2.63. The number of ketones is 3. The number of hydrogen-bond acceptors (Lipinski definition) is 19. The van der Waals surface area contributed by atoms with E-state index in [1.165, 1.54) is 101 Å². The molecule has 0 unspecified atom stereocenters. The molecule has 5 aromatic rings. The van der Waals surface area contributed by atoms with Crippen LogP contribution in [0.3, 0.4) is 0 Å². The lowest BCUT2D eigenvalue weighted by molar-refractivity contribution is -0.144. The summed E-state index contributed by atoms with van der Waals surface area (Å²) in [5.41, 5.74) is 5.15. The Morgan fingerprint density at radius 3 is 1.88 bits per heavy atom. The van der Waals surface area contributed by atoms with E-state index in [1.807, 2.05) is 24.3 Å². The van der Waals surface area contributed by atoms with Gasteiger partial charge in [0, 0.05) is 78.9 Å². The molecule has 0 spiro atoms. The number of primary amides is 1. The highest BCUT2D eigenvalue weighted by atomic mass is 32.2. The largest absolute Gasteiger partial charge is 0.508 e. The van der Waals surface area contributed by atoms with Gasteiger partial charge in [0.1, 0.15) is 59.0 Å². The van der Waals surface area contributed by atoms with Crippen molar-refractivity contribution in [2.45, 2.75) is 212 Å². The molecule has 1 saturated heterocycles. The molecule has 2 aromatic heterocycles. The SMILES string of the molecule is CC(=O)C[C@H]1CSCc2cccc(c2)CSC[C@H](C(N)=O)NC(=O)[C@H]([C@H](C)O)NC(=O)[C@](C)(C(C)C)CC(=O)[C@H](Cc2ccc(O)cc2)NC(=O)[C@H](C)NC(=O)C(C)(C)NC(=O)[C@H](Cc2c[nH]c3ncccc23)NC(=O)[C@H]([C@@H](C)O)NC(=O)[C@@H]2CCCN2C(=O)[C@H](Cc2ccccc2)CC(=O)[C@H](C(C)(C)C)NC1=O. The van der Waals surface area contributed by atoms with Crippen LogP contribution in [0.25, 0.3) is 11.0 Å². The van der Waals surface area contributed by atoms with Crippen molar-refractivity contribution in [2.75, 3.05) is 18.1 Å². The lowest BCUT2D eigenvalue weighted by atomic mass is 9.73. The topological polar surface area (TPSA) is 437 Å². The molecule has 4 heterocycles. The van der Waals surface area contributed by atoms with Gasteiger partial charge in [-0.1, -0.05) is 108 Å². The van der Waals surface area contributed by atoms with Crippen LogP contribution in [0.5, 0.6) is 5.75 Å². The van der Waals surface area contributed by atoms with Gasteiger partial charge < -0.3 is 78.3 Å². The molecule has 28 nitrogen and oxygen atoms in total. The first-order valence-electron chi connectivity index (χ1n) is 36.7. The number of H-pyrrole nitrogens is 1. The summed E-state index contributed by atoms with van der Waals surface area (Å²) in [6.07, 6.45) is -1.05. The number of aliphatic hydroxyl groups is 2. The first-order chi connectivity index (χ1) is 51.3. The summed E-state index contributed by atoms with van der Waals surface area (Å²) in [6.45, 7) is 18.0. The third kappa shape index (κ3) is 24.2. The minimum Gasteiger partial charge on any atom is -0.508 e. The van der Waals surface area contributed by atoms with Gasteiger partial charge in [-0.15, -0.1) is 0 Å². The highest BCUT2D eigenvalue weighted by Crippen LogP contribution is 2.34. The fraction of sp³-hybridized carbons (Fsp3) is 0.519. The van der Waals surface area contributed by atoms with Crippen LogP contribution in [0.15, 0.2) is 103 Å². The first kappa shape index (κ1) is 86.7. The number of nitrogens with two attached hydrogens (primary N) is 1. The Morgan fingerprint density at radius 1 is 0.651 bits per heavy atom. The van der Waals surface area contributed by atoms with Gasteiger partial charge in [-0.25, -0.2) is 4.98 Å². The monoisotopic (exact) mass is 1540 g/mol. The number of phenols is 1. The predicted molar refractivity (Wildman–Crippen MR) is 413 cm³/mol. The van der Waals surface area contributed by atoms with Crippen molar-refractivity contribution in [1.29, 1.82) is 0 Å². The number of benzene rings is 3. The standard InChI is InChI=1S/C79H106N12O16S2/c1-43(2)79(12)37-62(97)57(34-49-25-27-55(95)28-26-49)84-68(99)45(4)83-75(106)78(10,11)90-70(101)58(35-53-38-82-67-56(53)23-17-29-81-67)85-72(103)63(46(5)93)87-71(102)60-24-18-30-91(60)74(105)52(33-48-19-14-13-15-20-48)36-61(96)65(77(7,8)9)89-69(100)54(31-44(3)92)41-108-39-50-21-16-22-51(32-50)40-109-42-59(66(80)98)86-73(104)64(47(6)94)88-76(79)107/h13-17,19-23,25-29,32,38,43,45-47,52,54,57-60,63-65,93-95H,18,24,30-31,33-37,39-42H2,1-12H3,(H2,80,98)(H,81,82)(H,83,106)(H,84,99)(H,85,103)(H,86,104)(H,87,102)(H,88,107)(H,89,100)(H,90,101)/t45-,46+,47-,52+,54-,57-,58-,59+,60-,63-,64-,65+,79-/m0/s1. The van der Waals surface area contributed by atoms with Crippen LogP contribution in [0.2, 0.25) is 0 Å². The van der Waals surface area contributed by atoms with Crippen LogP contribution in [-0.4, -0.2) is 191 Å². The average Bonchev–Trinajstić information content (AvgIpc) is 1.79. The molecular formula is C79H106N12O16S2. The molecule has 109 heavy (non-hydrogen) atoms. The minimum absolute atomic E-state index is 0.0380. The number of aromatic nitrogens is 2. The van der Waals surface area contributed by atoms with Crippen molar-refractivity contribution in [3.63, 3.8) is 0 Å². The van der Waals surface area contributed by atoms with E-state index >= 15 is 4.79 Å².